The van der Waals surface area contributed by atoms with Crippen molar-refractivity contribution in [2.24, 2.45) is 0 Å². The molecule has 5 rings (SSSR count). The fourth-order valence-corrected chi connectivity index (χ4v) is 3.80. The zero-order chi connectivity index (χ0) is 21.8. The van der Waals surface area contributed by atoms with Crippen LogP contribution >= 0.6 is 0 Å². The minimum Gasteiger partial charge on any atom is -0.389 e. The maximum Gasteiger partial charge on any atom is 0.230 e. The summed E-state index contributed by atoms with van der Waals surface area (Å²) in [7, 11) is 1.85. The fraction of sp³-hybridized carbons (Fsp3) is 0.429. The number of imidazole rings is 1. The monoisotopic (exact) mass is 424 g/mol. The molecule has 1 aliphatic rings. The van der Waals surface area contributed by atoms with E-state index in [0.29, 0.717) is 47.8 Å². The summed E-state index contributed by atoms with van der Waals surface area (Å²) in [6, 6.07) is 4.83. The van der Waals surface area contributed by atoms with Gasteiger partial charge in [-0.15, -0.1) is 0 Å². The van der Waals surface area contributed by atoms with Crippen LogP contribution in [0.25, 0.3) is 16.7 Å². The number of hydrogen-bond acceptors (Lipinski definition) is 7. The first-order valence-electron chi connectivity index (χ1n) is 10.3. The van der Waals surface area contributed by atoms with Crippen molar-refractivity contribution in [1.82, 2.24) is 29.5 Å². The first-order chi connectivity index (χ1) is 14.8. The number of para-hydroxylation sites is 1. The van der Waals surface area contributed by atoms with Gasteiger partial charge < -0.3 is 20.3 Å². The number of fused-ring (bicyclic) bond motifs is 2. The van der Waals surface area contributed by atoms with Gasteiger partial charge in [0, 0.05) is 19.2 Å². The second-order valence-electron chi connectivity index (χ2n) is 8.80. The molecular formula is C21H25FN8O. The van der Waals surface area contributed by atoms with Crippen LogP contribution in [0.4, 0.5) is 16.3 Å². The Hall–Kier alpha value is -3.27. The molecule has 4 aromatic rings. The lowest BCUT2D eigenvalue weighted by Crippen LogP contribution is -2.37. The predicted octanol–water partition coefficient (Wildman–Crippen LogP) is 2.84. The highest BCUT2D eigenvalue weighted by molar-refractivity contribution is 5.75. The van der Waals surface area contributed by atoms with Crippen molar-refractivity contribution in [2.75, 3.05) is 23.8 Å². The van der Waals surface area contributed by atoms with Gasteiger partial charge >= 0.3 is 0 Å². The molecule has 1 aromatic carbocycles. The first kappa shape index (κ1) is 19.7. The third kappa shape index (κ3) is 3.90. The van der Waals surface area contributed by atoms with Gasteiger partial charge in [-0.2, -0.15) is 19.6 Å². The normalized spacial score (nSPS) is 14.5. The van der Waals surface area contributed by atoms with Gasteiger partial charge in [0.2, 0.25) is 11.9 Å². The van der Waals surface area contributed by atoms with Crippen molar-refractivity contribution < 1.29 is 9.50 Å². The smallest absolute Gasteiger partial charge is 0.230 e. The van der Waals surface area contributed by atoms with E-state index < -0.39 is 5.60 Å². The van der Waals surface area contributed by atoms with Gasteiger partial charge in [-0.3, -0.25) is 0 Å². The van der Waals surface area contributed by atoms with Crippen molar-refractivity contribution in [3.05, 3.63) is 41.6 Å². The van der Waals surface area contributed by atoms with E-state index in [9.17, 15) is 9.50 Å². The van der Waals surface area contributed by atoms with E-state index in [4.69, 9.17) is 4.98 Å². The molecule has 1 aliphatic carbocycles. The quantitative estimate of drug-likeness (QED) is 0.419. The van der Waals surface area contributed by atoms with Gasteiger partial charge in [0.1, 0.15) is 11.3 Å². The number of aromatic nitrogens is 6. The Balaban J connectivity index is 1.49. The second-order valence-corrected chi connectivity index (χ2v) is 8.80. The third-order valence-electron chi connectivity index (χ3n) is 5.29. The van der Waals surface area contributed by atoms with E-state index in [2.05, 4.69) is 25.4 Å². The van der Waals surface area contributed by atoms with Gasteiger partial charge in [0.15, 0.2) is 11.5 Å². The number of anilines is 2. The molecule has 162 valence electrons. The van der Waals surface area contributed by atoms with Crippen LogP contribution in [0.3, 0.4) is 0 Å². The molecular weight excluding hydrogens is 399 g/mol. The van der Waals surface area contributed by atoms with Crippen LogP contribution in [0.5, 0.6) is 0 Å². The molecule has 10 heteroatoms. The zero-order valence-electron chi connectivity index (χ0n) is 17.7. The molecule has 0 radical (unpaired) electrons. The van der Waals surface area contributed by atoms with Gasteiger partial charge in [0.25, 0.3) is 0 Å². The summed E-state index contributed by atoms with van der Waals surface area (Å²) >= 11 is 0. The van der Waals surface area contributed by atoms with Crippen LogP contribution in [0.2, 0.25) is 0 Å². The Labute approximate surface area is 178 Å². The Kier molecular flexibility index (Phi) is 4.54. The number of benzene rings is 1. The van der Waals surface area contributed by atoms with E-state index in [1.54, 1.807) is 30.5 Å². The average Bonchev–Trinajstić information content (AvgIpc) is 3.30. The van der Waals surface area contributed by atoms with Crippen LogP contribution in [0.1, 0.15) is 44.0 Å². The third-order valence-corrected chi connectivity index (χ3v) is 5.29. The van der Waals surface area contributed by atoms with Gasteiger partial charge in [0.05, 0.1) is 23.9 Å². The number of likely N-dealkylation sites (N-methyl/N-ethyl adjacent to an activating group) is 1. The van der Waals surface area contributed by atoms with Crippen LogP contribution in [-0.4, -0.2) is 53.9 Å². The van der Waals surface area contributed by atoms with E-state index in [1.165, 1.54) is 6.07 Å². The lowest BCUT2D eigenvalue weighted by Gasteiger charge is -2.25. The van der Waals surface area contributed by atoms with Crippen molar-refractivity contribution >= 4 is 28.6 Å². The number of halogens is 1. The Bertz CT molecular complexity index is 1250. The molecule has 31 heavy (non-hydrogen) atoms. The summed E-state index contributed by atoms with van der Waals surface area (Å²) < 4.78 is 15.7. The number of aliphatic hydroxyl groups is 1. The second kappa shape index (κ2) is 7.16. The molecule has 3 N–H and O–H groups in total. The highest BCUT2D eigenvalue weighted by Gasteiger charge is 2.29. The molecule has 0 atom stereocenters. The molecule has 9 nitrogen and oxygen atoms in total. The Morgan fingerprint density at radius 3 is 2.81 bits per heavy atom. The molecule has 1 saturated carbocycles. The molecule has 3 heterocycles. The summed E-state index contributed by atoms with van der Waals surface area (Å²) in [5.74, 6) is 1.71. The average molecular weight is 424 g/mol. The van der Waals surface area contributed by atoms with E-state index in [-0.39, 0.29) is 5.82 Å². The Morgan fingerprint density at radius 2 is 2.10 bits per heavy atom. The topological polar surface area (TPSA) is 107 Å². The number of rotatable bonds is 7. The van der Waals surface area contributed by atoms with Crippen LogP contribution in [0, 0.1) is 5.82 Å². The van der Waals surface area contributed by atoms with Crippen molar-refractivity contribution in [3.8, 4) is 0 Å². The summed E-state index contributed by atoms with van der Waals surface area (Å²) in [6.07, 6.45) is 4.12. The van der Waals surface area contributed by atoms with E-state index in [1.807, 2.05) is 18.1 Å². The minimum atomic E-state index is -0.893. The summed E-state index contributed by atoms with van der Waals surface area (Å²) in [5.41, 5.74) is 1.93. The molecule has 0 unspecified atom stereocenters. The maximum atomic E-state index is 14.0. The number of aromatic amines is 1. The lowest BCUT2D eigenvalue weighted by molar-refractivity contribution is 0.0883. The molecule has 0 spiro atoms. The fourth-order valence-electron chi connectivity index (χ4n) is 3.80. The summed E-state index contributed by atoms with van der Waals surface area (Å²) in [4.78, 5) is 18.7. The van der Waals surface area contributed by atoms with Crippen molar-refractivity contribution in [2.45, 2.75) is 44.8 Å². The summed E-state index contributed by atoms with van der Waals surface area (Å²) in [6.45, 7) is 4.18. The molecule has 0 aliphatic heterocycles. The largest absolute Gasteiger partial charge is 0.389 e. The lowest BCUT2D eigenvalue weighted by atomic mass is 10.1. The Morgan fingerprint density at radius 1 is 1.29 bits per heavy atom. The van der Waals surface area contributed by atoms with E-state index >= 15 is 0 Å². The number of H-pyrrole nitrogens is 1. The van der Waals surface area contributed by atoms with Gasteiger partial charge in [-0.1, -0.05) is 6.07 Å². The molecule has 1 fully saturated rings. The van der Waals surface area contributed by atoms with Crippen molar-refractivity contribution in [3.63, 3.8) is 0 Å². The highest BCUT2D eigenvalue weighted by Crippen LogP contribution is 2.42. The van der Waals surface area contributed by atoms with Crippen LogP contribution in [-0.2, 0) is 6.54 Å². The minimum absolute atomic E-state index is 0.313. The van der Waals surface area contributed by atoms with E-state index in [0.717, 1.165) is 24.1 Å². The van der Waals surface area contributed by atoms with Gasteiger partial charge in [-0.05, 0) is 44.7 Å². The molecule has 3 aromatic heterocycles. The molecule has 0 bridgehead atoms. The SMILES string of the molecule is CN(CC(C)(C)O)c1nc(NCc2nc3c(F)cccc3[nH]2)n2ncc(C3CC3)c2n1. The number of hydrogen-bond donors (Lipinski definition) is 3. The summed E-state index contributed by atoms with van der Waals surface area (Å²) in [5, 5.41) is 18.0. The van der Waals surface area contributed by atoms with Crippen LogP contribution < -0.4 is 10.2 Å². The molecule has 0 saturated heterocycles. The highest BCUT2D eigenvalue weighted by atomic mass is 19.1. The predicted molar refractivity (Wildman–Crippen MR) is 116 cm³/mol. The first-order valence-corrected chi connectivity index (χ1v) is 10.3. The maximum absolute atomic E-state index is 14.0. The van der Waals surface area contributed by atoms with Crippen LogP contribution in [0.15, 0.2) is 24.4 Å². The standard InChI is InChI=1S/C21H25FN8O/c1-21(2,31)11-29(3)20-27-18-13(12-7-8-12)9-24-30(18)19(28-20)23-10-16-25-15-6-4-5-14(22)17(15)26-16/h4-6,9,12,31H,7-8,10-11H2,1-3H3,(H,25,26)(H,23,27,28). The van der Waals surface area contributed by atoms with Gasteiger partial charge in [-0.25, -0.2) is 9.37 Å². The number of nitrogens with zero attached hydrogens (tertiary/aromatic N) is 6. The number of nitrogens with one attached hydrogen (secondary N) is 2. The van der Waals surface area contributed by atoms with Crippen molar-refractivity contribution in [1.29, 1.82) is 0 Å². The molecule has 0 amide bonds. The zero-order valence-corrected chi connectivity index (χ0v) is 17.7.